The van der Waals surface area contributed by atoms with Crippen LogP contribution < -0.4 is 0 Å². The minimum Gasteiger partial charge on any atom is -0.393 e. The number of sulfone groups is 1. The number of benzene rings is 2. The van der Waals surface area contributed by atoms with Gasteiger partial charge in [-0.2, -0.15) is 0 Å². The normalized spacial score (nSPS) is 38.6. The van der Waals surface area contributed by atoms with Crippen molar-refractivity contribution in [2.75, 3.05) is 19.3 Å². The molecule has 0 saturated heterocycles. The fourth-order valence-electron chi connectivity index (χ4n) is 11.4. The Kier molecular flexibility index (Phi) is 8.97. The van der Waals surface area contributed by atoms with Crippen LogP contribution in [0, 0.1) is 52.3 Å². The molecule has 4 aliphatic rings. The first kappa shape index (κ1) is 33.0. The largest absolute Gasteiger partial charge is 0.393 e. The van der Waals surface area contributed by atoms with Crippen molar-refractivity contribution < 1.29 is 23.4 Å². The monoisotopic (exact) mass is 637 g/mol. The first-order chi connectivity index (χ1) is 21.3. The molecule has 6 rings (SSSR count). The molecule has 0 bridgehead atoms. The molecule has 7 heteroatoms. The van der Waals surface area contributed by atoms with Crippen molar-refractivity contribution in [2.45, 2.75) is 103 Å². The summed E-state index contributed by atoms with van der Waals surface area (Å²) < 4.78 is 26.3. The van der Waals surface area contributed by atoms with E-state index in [9.17, 15) is 23.4 Å². The third-order valence-corrected chi connectivity index (χ3v) is 15.5. The van der Waals surface area contributed by atoms with Crippen molar-refractivity contribution in [3.05, 3.63) is 42.5 Å². The van der Waals surface area contributed by atoms with Crippen LogP contribution in [0.5, 0.6) is 0 Å². The standard InChI is InChI=1S/C38H55NO5S/c1-6-29-33-22-27(40)15-18-38(33,4)32-16-19-37(3)30(13-14-31(37)35(32)36(29)42)24(2)17-20-39(5)34(41)23-45(43,44)28-12-11-25-9-7-8-10-26(25)21-28/h7-12,21,24,27,29-33,35-36,40,42H,6,13-20,22-23H2,1-5H3/t24-,27-,29-,30-,31+,32+,33?,35+,36-,37?,38?/m1/s1. The molecule has 2 aromatic carbocycles. The van der Waals surface area contributed by atoms with Crippen LogP contribution >= 0.6 is 0 Å². The van der Waals surface area contributed by atoms with Gasteiger partial charge in [-0.05, 0) is 127 Å². The molecule has 11 atom stereocenters. The fraction of sp³-hybridized carbons (Fsp3) is 0.711. The molecule has 0 spiro atoms. The van der Waals surface area contributed by atoms with Gasteiger partial charge in [0.1, 0.15) is 5.75 Å². The van der Waals surface area contributed by atoms with E-state index in [4.69, 9.17) is 0 Å². The number of rotatable bonds is 8. The lowest BCUT2D eigenvalue weighted by molar-refractivity contribution is -0.203. The molecule has 4 saturated carbocycles. The first-order valence-corrected chi connectivity index (χ1v) is 19.3. The van der Waals surface area contributed by atoms with Gasteiger partial charge >= 0.3 is 0 Å². The quantitative estimate of drug-likeness (QED) is 0.335. The summed E-state index contributed by atoms with van der Waals surface area (Å²) in [6.45, 7) is 10.1. The van der Waals surface area contributed by atoms with E-state index in [0.29, 0.717) is 42.1 Å². The van der Waals surface area contributed by atoms with E-state index in [-0.39, 0.29) is 39.8 Å². The van der Waals surface area contributed by atoms with Gasteiger partial charge in [0.2, 0.25) is 5.91 Å². The second-order valence-corrected chi connectivity index (χ2v) is 18.0. The van der Waals surface area contributed by atoms with E-state index in [1.54, 1.807) is 30.1 Å². The fourth-order valence-corrected chi connectivity index (χ4v) is 12.7. The smallest absolute Gasteiger partial charge is 0.237 e. The van der Waals surface area contributed by atoms with Gasteiger partial charge in [-0.1, -0.05) is 64.4 Å². The van der Waals surface area contributed by atoms with E-state index < -0.39 is 15.6 Å². The highest BCUT2D eigenvalue weighted by Crippen LogP contribution is 2.69. The topological polar surface area (TPSA) is 94.9 Å². The molecular weight excluding hydrogens is 582 g/mol. The van der Waals surface area contributed by atoms with Gasteiger partial charge in [-0.25, -0.2) is 8.42 Å². The van der Waals surface area contributed by atoms with Crippen molar-refractivity contribution in [3.8, 4) is 0 Å². The number of aliphatic hydroxyl groups is 2. The summed E-state index contributed by atoms with van der Waals surface area (Å²) in [4.78, 5) is 14.9. The maximum absolute atomic E-state index is 13.2. The first-order valence-electron chi connectivity index (χ1n) is 17.6. The summed E-state index contributed by atoms with van der Waals surface area (Å²) in [5.74, 6) is 2.07. The highest BCUT2D eigenvalue weighted by Gasteiger charge is 2.64. The van der Waals surface area contributed by atoms with Crippen molar-refractivity contribution in [2.24, 2.45) is 52.3 Å². The highest BCUT2D eigenvalue weighted by atomic mass is 32.2. The minimum atomic E-state index is -3.74. The van der Waals surface area contributed by atoms with E-state index in [1.165, 1.54) is 6.42 Å². The molecule has 248 valence electrons. The van der Waals surface area contributed by atoms with E-state index in [0.717, 1.165) is 62.1 Å². The zero-order valence-electron chi connectivity index (χ0n) is 28.0. The summed E-state index contributed by atoms with van der Waals surface area (Å²) in [6.07, 6.45) is 8.74. The molecular formula is C38H55NO5S. The Balaban J connectivity index is 1.10. The lowest BCUT2D eigenvalue weighted by Crippen LogP contribution is -2.62. The Labute approximate surface area is 270 Å². The molecule has 6 nitrogen and oxygen atoms in total. The van der Waals surface area contributed by atoms with Crippen molar-refractivity contribution in [1.82, 2.24) is 4.90 Å². The second-order valence-electron chi connectivity index (χ2n) is 16.0. The average Bonchev–Trinajstić information content (AvgIpc) is 3.37. The van der Waals surface area contributed by atoms with Crippen LogP contribution in [0.25, 0.3) is 10.8 Å². The van der Waals surface area contributed by atoms with Gasteiger partial charge < -0.3 is 15.1 Å². The van der Waals surface area contributed by atoms with Crippen molar-refractivity contribution >= 4 is 26.5 Å². The molecule has 0 radical (unpaired) electrons. The Bertz CT molecular complexity index is 1510. The number of amides is 1. The van der Waals surface area contributed by atoms with Crippen molar-refractivity contribution in [3.63, 3.8) is 0 Å². The Morgan fingerprint density at radius 3 is 2.38 bits per heavy atom. The molecule has 2 aromatic rings. The van der Waals surface area contributed by atoms with E-state index >= 15 is 0 Å². The summed E-state index contributed by atoms with van der Waals surface area (Å²) in [7, 11) is -2.01. The summed E-state index contributed by atoms with van der Waals surface area (Å²) >= 11 is 0. The predicted molar refractivity (Wildman–Crippen MR) is 179 cm³/mol. The van der Waals surface area contributed by atoms with Crippen LogP contribution in [0.3, 0.4) is 0 Å². The SMILES string of the molecule is CC[C@@H]1C2C[C@H](O)CCC2(C)[C@H]2CCC3(C)[C@@H]([C@H](C)CCN(C)C(=O)CS(=O)(=O)c4ccc5ccccc5c4)CC[C@H]3[C@@H]2[C@@H]1O. The molecule has 2 N–H and O–H groups in total. The molecule has 0 heterocycles. The Hall–Kier alpha value is -1.96. The third-order valence-electron chi connectivity index (χ3n) is 13.9. The lowest BCUT2D eigenvalue weighted by atomic mass is 9.41. The van der Waals surface area contributed by atoms with Crippen molar-refractivity contribution in [1.29, 1.82) is 0 Å². The van der Waals surface area contributed by atoms with Crippen LogP contribution in [-0.4, -0.2) is 61.0 Å². The zero-order valence-corrected chi connectivity index (χ0v) is 28.8. The number of fused-ring (bicyclic) bond motifs is 6. The molecule has 45 heavy (non-hydrogen) atoms. The van der Waals surface area contributed by atoms with Gasteiger partial charge in [0.15, 0.2) is 9.84 Å². The van der Waals surface area contributed by atoms with Crippen LogP contribution in [-0.2, 0) is 14.6 Å². The summed E-state index contributed by atoms with van der Waals surface area (Å²) in [6, 6.07) is 12.7. The van der Waals surface area contributed by atoms with Crippen LogP contribution in [0.1, 0.15) is 85.5 Å². The number of aliphatic hydroxyl groups excluding tert-OH is 2. The second kappa shape index (κ2) is 12.2. The van der Waals surface area contributed by atoms with Gasteiger partial charge in [-0.15, -0.1) is 0 Å². The third kappa shape index (κ3) is 5.67. The summed E-state index contributed by atoms with van der Waals surface area (Å²) in [5.41, 5.74) is 0.365. The van der Waals surface area contributed by atoms with Crippen LogP contribution in [0.15, 0.2) is 47.4 Å². The van der Waals surface area contributed by atoms with Crippen LogP contribution in [0.2, 0.25) is 0 Å². The molecule has 4 aliphatic carbocycles. The molecule has 0 aromatic heterocycles. The molecule has 4 fully saturated rings. The number of carbonyl (C=O) groups excluding carboxylic acids is 1. The number of hydrogen-bond donors (Lipinski definition) is 2. The van der Waals surface area contributed by atoms with Gasteiger partial charge in [0.05, 0.1) is 17.1 Å². The molecule has 0 aliphatic heterocycles. The predicted octanol–water partition coefficient (Wildman–Crippen LogP) is 6.72. The van der Waals surface area contributed by atoms with Crippen LogP contribution in [0.4, 0.5) is 0 Å². The maximum atomic E-state index is 13.2. The van der Waals surface area contributed by atoms with Gasteiger partial charge in [0, 0.05) is 13.6 Å². The number of nitrogens with zero attached hydrogens (tertiary/aromatic N) is 1. The van der Waals surface area contributed by atoms with E-state index in [1.807, 2.05) is 24.3 Å². The van der Waals surface area contributed by atoms with Gasteiger partial charge in [-0.3, -0.25) is 4.79 Å². The van der Waals surface area contributed by atoms with E-state index in [2.05, 4.69) is 27.7 Å². The van der Waals surface area contributed by atoms with Gasteiger partial charge in [0.25, 0.3) is 0 Å². The average molecular weight is 638 g/mol. The highest BCUT2D eigenvalue weighted by molar-refractivity contribution is 7.92. The summed E-state index contributed by atoms with van der Waals surface area (Å²) in [5, 5.41) is 24.4. The number of carbonyl (C=O) groups is 1. The molecule has 1 amide bonds. The Morgan fingerprint density at radius 1 is 0.956 bits per heavy atom. The number of hydrogen-bond acceptors (Lipinski definition) is 5. The minimum absolute atomic E-state index is 0.166. The Morgan fingerprint density at radius 2 is 1.64 bits per heavy atom. The lowest BCUT2D eigenvalue weighted by Gasteiger charge is -2.64. The molecule has 3 unspecified atom stereocenters. The maximum Gasteiger partial charge on any atom is 0.237 e. The zero-order chi connectivity index (χ0) is 32.3.